The normalized spacial score (nSPS) is 13.5. The van der Waals surface area contributed by atoms with Crippen molar-refractivity contribution in [2.45, 2.75) is 18.9 Å². The van der Waals surface area contributed by atoms with E-state index in [-0.39, 0.29) is 12.1 Å². The van der Waals surface area contributed by atoms with Crippen LogP contribution in [0.3, 0.4) is 0 Å². The van der Waals surface area contributed by atoms with Crippen molar-refractivity contribution in [1.82, 2.24) is 15.5 Å². The summed E-state index contributed by atoms with van der Waals surface area (Å²) in [6.07, 6.45) is 2.06. The van der Waals surface area contributed by atoms with Crippen molar-refractivity contribution in [1.29, 1.82) is 0 Å². The van der Waals surface area contributed by atoms with Crippen molar-refractivity contribution >= 4 is 46.6 Å². The summed E-state index contributed by atoms with van der Waals surface area (Å²) in [5.74, 6) is 0.845. The Bertz CT molecular complexity index is 668. The van der Waals surface area contributed by atoms with Gasteiger partial charge in [-0.05, 0) is 37.1 Å². The highest BCUT2D eigenvalue weighted by molar-refractivity contribution is 6.39. The Hall–Kier alpha value is -2.05. The molecule has 1 aliphatic carbocycles. The molecule has 0 spiro atoms. The van der Waals surface area contributed by atoms with Crippen molar-refractivity contribution in [2.75, 3.05) is 10.6 Å². The van der Waals surface area contributed by atoms with Crippen LogP contribution in [0.1, 0.15) is 12.8 Å². The van der Waals surface area contributed by atoms with Gasteiger partial charge in [0, 0.05) is 6.04 Å². The van der Waals surface area contributed by atoms with Crippen LogP contribution in [0.5, 0.6) is 0 Å². The third kappa shape index (κ3) is 3.78. The number of urea groups is 1. The summed E-state index contributed by atoms with van der Waals surface area (Å²) in [4.78, 5) is 11.6. The van der Waals surface area contributed by atoms with E-state index in [0.29, 0.717) is 27.4 Å². The number of carbonyl (C=O) groups excluding carboxylic acids is 1. The zero-order chi connectivity index (χ0) is 15.5. The molecule has 2 aromatic rings. The van der Waals surface area contributed by atoms with Crippen LogP contribution in [0.4, 0.5) is 22.1 Å². The van der Waals surface area contributed by atoms with Gasteiger partial charge in [0.1, 0.15) is 0 Å². The molecule has 1 aromatic carbocycles. The lowest BCUT2D eigenvalue weighted by Crippen LogP contribution is -2.30. The molecule has 1 saturated carbocycles. The first-order chi connectivity index (χ1) is 10.6. The summed E-state index contributed by atoms with van der Waals surface area (Å²) in [6.45, 7) is 0. The summed E-state index contributed by atoms with van der Waals surface area (Å²) in [7, 11) is 0. The van der Waals surface area contributed by atoms with Crippen LogP contribution in [0.25, 0.3) is 0 Å². The molecule has 0 atom stereocenters. The van der Waals surface area contributed by atoms with E-state index < -0.39 is 0 Å². The molecule has 22 heavy (non-hydrogen) atoms. The number of amides is 2. The second kappa shape index (κ2) is 6.37. The average Bonchev–Trinajstić information content (AvgIpc) is 3.29. The van der Waals surface area contributed by atoms with Gasteiger partial charge in [-0.3, -0.25) is 5.32 Å². The minimum Gasteiger partial charge on any atom is -0.336 e. The molecule has 6 nitrogen and oxygen atoms in total. The summed E-state index contributed by atoms with van der Waals surface area (Å²) >= 11 is 12.1. The van der Waals surface area contributed by atoms with Gasteiger partial charge < -0.3 is 10.6 Å². The third-order valence-electron chi connectivity index (χ3n) is 3.03. The van der Waals surface area contributed by atoms with Crippen LogP contribution in [0.15, 0.2) is 30.3 Å². The van der Waals surface area contributed by atoms with Gasteiger partial charge in [-0.2, -0.15) is 0 Å². The molecular formula is C14H13Cl2N5O. The van der Waals surface area contributed by atoms with Crippen molar-refractivity contribution in [3.8, 4) is 0 Å². The molecule has 0 radical (unpaired) electrons. The molecule has 2 amide bonds. The SMILES string of the molecule is O=C(Nc1ccc(Nc2c(Cl)cccc2Cl)nn1)NC1CC1. The molecule has 114 valence electrons. The zero-order valence-corrected chi connectivity index (χ0v) is 12.9. The Morgan fingerprint density at radius 1 is 1.05 bits per heavy atom. The monoisotopic (exact) mass is 337 g/mol. The van der Waals surface area contributed by atoms with Crippen molar-refractivity contribution < 1.29 is 4.79 Å². The van der Waals surface area contributed by atoms with E-state index in [0.717, 1.165) is 12.8 Å². The number of halogens is 2. The first-order valence-corrected chi connectivity index (χ1v) is 7.50. The number of rotatable bonds is 4. The van der Waals surface area contributed by atoms with Gasteiger partial charge in [0.2, 0.25) is 0 Å². The third-order valence-corrected chi connectivity index (χ3v) is 3.66. The van der Waals surface area contributed by atoms with Crippen molar-refractivity contribution in [3.63, 3.8) is 0 Å². The fourth-order valence-electron chi connectivity index (χ4n) is 1.78. The molecule has 1 aromatic heterocycles. The number of anilines is 3. The Morgan fingerprint density at radius 3 is 2.27 bits per heavy atom. The zero-order valence-electron chi connectivity index (χ0n) is 11.4. The first kappa shape index (κ1) is 14.9. The quantitative estimate of drug-likeness (QED) is 0.792. The summed E-state index contributed by atoms with van der Waals surface area (Å²) in [5, 5.41) is 17.3. The van der Waals surface area contributed by atoms with Crippen LogP contribution in [-0.4, -0.2) is 22.3 Å². The molecule has 0 aliphatic heterocycles. The molecule has 8 heteroatoms. The number of benzene rings is 1. The molecule has 0 saturated heterocycles. The Balaban J connectivity index is 1.64. The minimum absolute atomic E-state index is 0.272. The second-order valence-corrected chi connectivity index (χ2v) is 5.71. The lowest BCUT2D eigenvalue weighted by Gasteiger charge is -2.09. The van der Waals surface area contributed by atoms with Crippen molar-refractivity contribution in [2.24, 2.45) is 0 Å². The van der Waals surface area contributed by atoms with E-state index in [4.69, 9.17) is 23.2 Å². The predicted molar refractivity (Wildman–Crippen MR) is 87.0 cm³/mol. The van der Waals surface area contributed by atoms with E-state index in [9.17, 15) is 4.79 Å². The molecule has 1 fully saturated rings. The van der Waals surface area contributed by atoms with Crippen LogP contribution in [0.2, 0.25) is 10.0 Å². The largest absolute Gasteiger partial charge is 0.336 e. The minimum atomic E-state index is -0.272. The first-order valence-electron chi connectivity index (χ1n) is 6.74. The lowest BCUT2D eigenvalue weighted by atomic mass is 10.3. The number of hydrogen-bond acceptors (Lipinski definition) is 4. The highest BCUT2D eigenvalue weighted by atomic mass is 35.5. The second-order valence-electron chi connectivity index (χ2n) is 4.90. The number of nitrogens with zero attached hydrogens (tertiary/aromatic N) is 2. The number of para-hydroxylation sites is 1. The number of carbonyl (C=O) groups is 1. The van der Waals surface area contributed by atoms with Gasteiger partial charge in [0.05, 0.1) is 15.7 Å². The molecular weight excluding hydrogens is 325 g/mol. The van der Waals surface area contributed by atoms with Crippen LogP contribution < -0.4 is 16.0 Å². The summed E-state index contributed by atoms with van der Waals surface area (Å²) in [5.41, 5.74) is 0.562. The maximum absolute atomic E-state index is 11.6. The number of hydrogen-bond donors (Lipinski definition) is 3. The highest BCUT2D eigenvalue weighted by Gasteiger charge is 2.23. The van der Waals surface area contributed by atoms with Crippen LogP contribution in [-0.2, 0) is 0 Å². The van der Waals surface area contributed by atoms with Gasteiger partial charge in [-0.1, -0.05) is 29.3 Å². The highest BCUT2D eigenvalue weighted by Crippen LogP contribution is 2.31. The maximum Gasteiger partial charge on any atom is 0.320 e. The predicted octanol–water partition coefficient (Wildman–Crippen LogP) is 3.81. The standard InChI is InChI=1S/C14H13Cl2N5O/c15-9-2-1-3-10(16)13(9)18-11-6-7-12(21-20-11)19-14(22)17-8-4-5-8/h1-3,6-8H,4-5H2,(H,18,20)(H2,17,19,21,22). The topological polar surface area (TPSA) is 78.9 Å². The molecule has 1 aliphatic rings. The van der Waals surface area contributed by atoms with Gasteiger partial charge in [0.25, 0.3) is 0 Å². The van der Waals surface area contributed by atoms with E-state index >= 15 is 0 Å². The fraction of sp³-hybridized carbons (Fsp3) is 0.214. The Kier molecular flexibility index (Phi) is 4.31. The molecule has 3 rings (SSSR count). The van der Waals surface area contributed by atoms with Gasteiger partial charge >= 0.3 is 6.03 Å². The van der Waals surface area contributed by atoms with Crippen LogP contribution in [0, 0.1) is 0 Å². The van der Waals surface area contributed by atoms with Gasteiger partial charge in [0.15, 0.2) is 11.6 Å². The maximum atomic E-state index is 11.6. The number of nitrogens with one attached hydrogen (secondary N) is 3. The van der Waals surface area contributed by atoms with E-state index in [1.807, 2.05) is 0 Å². The molecule has 0 unspecified atom stereocenters. The Morgan fingerprint density at radius 2 is 1.68 bits per heavy atom. The fourth-order valence-corrected chi connectivity index (χ4v) is 2.27. The lowest BCUT2D eigenvalue weighted by molar-refractivity contribution is 0.251. The van der Waals surface area contributed by atoms with Gasteiger partial charge in [-0.25, -0.2) is 4.79 Å². The summed E-state index contributed by atoms with van der Waals surface area (Å²) < 4.78 is 0. The average molecular weight is 338 g/mol. The molecule has 0 bridgehead atoms. The Labute approximate surface area is 137 Å². The molecule has 3 N–H and O–H groups in total. The number of aromatic nitrogens is 2. The van der Waals surface area contributed by atoms with E-state index in [2.05, 4.69) is 26.1 Å². The smallest absolute Gasteiger partial charge is 0.320 e. The van der Waals surface area contributed by atoms with Crippen molar-refractivity contribution in [3.05, 3.63) is 40.4 Å². The summed E-state index contributed by atoms with van der Waals surface area (Å²) in [6, 6.07) is 8.55. The molecule has 1 heterocycles. The van der Waals surface area contributed by atoms with E-state index in [1.165, 1.54) is 0 Å². The van der Waals surface area contributed by atoms with E-state index in [1.54, 1.807) is 30.3 Å². The van der Waals surface area contributed by atoms with Gasteiger partial charge in [-0.15, -0.1) is 10.2 Å². The van der Waals surface area contributed by atoms with Crippen LogP contribution >= 0.6 is 23.2 Å².